The van der Waals surface area contributed by atoms with Gasteiger partial charge in [0.2, 0.25) is 0 Å². The van der Waals surface area contributed by atoms with Crippen LogP contribution in [0.25, 0.3) is 5.70 Å². The largest absolute Gasteiger partial charge is 0.379 e. The number of aldehydes is 1. The van der Waals surface area contributed by atoms with Crippen molar-refractivity contribution < 1.29 is 9.59 Å². The van der Waals surface area contributed by atoms with Crippen LogP contribution in [-0.4, -0.2) is 17.6 Å². The molecule has 1 heterocycles. The first-order chi connectivity index (χ1) is 11.4. The fourth-order valence-corrected chi connectivity index (χ4v) is 4.06. The van der Waals surface area contributed by atoms with E-state index in [4.69, 9.17) is 11.6 Å². The predicted molar refractivity (Wildman–Crippen MR) is 97.3 cm³/mol. The second kappa shape index (κ2) is 6.72. The van der Waals surface area contributed by atoms with Crippen molar-refractivity contribution in [3.63, 3.8) is 0 Å². The molecule has 0 atom stereocenters. The maximum Gasteiger partial charge on any atom is 0.160 e. The van der Waals surface area contributed by atoms with Crippen molar-refractivity contribution in [3.05, 3.63) is 39.9 Å². The molecule has 24 heavy (non-hydrogen) atoms. The molecule has 1 N–H and O–H groups in total. The Balaban J connectivity index is 1.99. The molecule has 0 unspecified atom stereocenters. The van der Waals surface area contributed by atoms with Crippen molar-refractivity contribution in [2.45, 2.75) is 57.9 Å². The van der Waals surface area contributed by atoms with Crippen LogP contribution in [0, 0.1) is 5.92 Å². The van der Waals surface area contributed by atoms with Gasteiger partial charge in [0.1, 0.15) is 0 Å². The van der Waals surface area contributed by atoms with Gasteiger partial charge in [-0.2, -0.15) is 0 Å². The number of nitrogens with one attached hydrogen (secondary N) is 1. The van der Waals surface area contributed by atoms with Crippen molar-refractivity contribution >= 4 is 29.4 Å². The second-order valence-electron chi connectivity index (χ2n) is 7.63. The van der Waals surface area contributed by atoms with Gasteiger partial charge in [-0.15, -0.1) is 0 Å². The molecule has 1 aromatic carbocycles. The summed E-state index contributed by atoms with van der Waals surface area (Å²) in [5.41, 5.74) is 3.13. The Bertz CT molecular complexity index is 700. The summed E-state index contributed by atoms with van der Waals surface area (Å²) in [6, 6.07) is 3.66. The van der Waals surface area contributed by atoms with Gasteiger partial charge < -0.3 is 5.32 Å². The zero-order chi connectivity index (χ0) is 17.3. The highest BCUT2D eigenvalue weighted by Crippen LogP contribution is 2.34. The molecule has 1 aliphatic carbocycles. The van der Waals surface area contributed by atoms with E-state index in [1.54, 1.807) is 12.1 Å². The summed E-state index contributed by atoms with van der Waals surface area (Å²) in [5, 5.41) is 3.94. The monoisotopic (exact) mass is 345 g/mol. The molecule has 1 aliphatic heterocycles. The van der Waals surface area contributed by atoms with Gasteiger partial charge in [-0.25, -0.2) is 0 Å². The summed E-state index contributed by atoms with van der Waals surface area (Å²) >= 11 is 6.19. The zero-order valence-electron chi connectivity index (χ0n) is 14.3. The molecule has 0 spiro atoms. The molecule has 2 aliphatic rings. The van der Waals surface area contributed by atoms with Gasteiger partial charge in [0, 0.05) is 34.4 Å². The number of rotatable bonds is 3. The Morgan fingerprint density at radius 1 is 1.25 bits per heavy atom. The Hall–Kier alpha value is -1.61. The number of hydrogen-bond acceptors (Lipinski definition) is 3. The van der Waals surface area contributed by atoms with Crippen molar-refractivity contribution in [3.8, 4) is 0 Å². The molecule has 1 aromatic rings. The maximum atomic E-state index is 12.7. The van der Waals surface area contributed by atoms with E-state index in [2.05, 4.69) is 19.2 Å². The molecular weight excluding hydrogens is 322 g/mol. The molecule has 0 radical (unpaired) electrons. The first kappa shape index (κ1) is 17.2. The van der Waals surface area contributed by atoms with E-state index in [0.29, 0.717) is 10.6 Å². The van der Waals surface area contributed by atoms with E-state index in [1.165, 1.54) is 6.42 Å². The third kappa shape index (κ3) is 3.56. The van der Waals surface area contributed by atoms with Crippen molar-refractivity contribution in [1.82, 2.24) is 5.32 Å². The number of carbonyl (C=O) groups excluding carboxylic acids is 2. The highest BCUT2D eigenvalue weighted by Gasteiger charge is 2.30. The van der Waals surface area contributed by atoms with Gasteiger partial charge >= 0.3 is 0 Å². The van der Waals surface area contributed by atoms with Gasteiger partial charge in [-0.05, 0) is 50.8 Å². The number of carbonyl (C=O) groups is 2. The number of halogens is 1. The van der Waals surface area contributed by atoms with Gasteiger partial charge in [-0.3, -0.25) is 9.59 Å². The molecule has 3 nitrogen and oxygen atoms in total. The molecule has 1 saturated carbocycles. The summed E-state index contributed by atoms with van der Waals surface area (Å²) in [4.78, 5) is 23.9. The first-order valence-corrected chi connectivity index (χ1v) is 9.09. The molecule has 4 heteroatoms. The summed E-state index contributed by atoms with van der Waals surface area (Å²) < 4.78 is 0. The van der Waals surface area contributed by atoms with Gasteiger partial charge in [0.25, 0.3) is 0 Å². The smallest absolute Gasteiger partial charge is 0.160 e. The number of fused-ring (bicyclic) bond motifs is 1. The third-order valence-corrected chi connectivity index (χ3v) is 5.37. The lowest BCUT2D eigenvalue weighted by atomic mass is 9.82. The van der Waals surface area contributed by atoms with E-state index in [-0.39, 0.29) is 17.2 Å². The minimum atomic E-state index is -0.155. The SMILES string of the molecule is CC1(C)Cc2cc(Cl)c(C=O)cc2C(=CC(=O)C2CCCCC2)N1. The number of hydrogen-bond donors (Lipinski definition) is 1. The molecule has 0 aromatic heterocycles. The topological polar surface area (TPSA) is 46.2 Å². The quantitative estimate of drug-likeness (QED) is 0.645. The van der Waals surface area contributed by atoms with Crippen LogP contribution in [0.15, 0.2) is 18.2 Å². The predicted octanol–water partition coefficient (Wildman–Crippen LogP) is 4.57. The molecule has 0 amide bonds. The summed E-state index contributed by atoms with van der Waals surface area (Å²) in [7, 11) is 0. The lowest BCUT2D eigenvalue weighted by molar-refractivity contribution is -0.119. The minimum Gasteiger partial charge on any atom is -0.379 e. The van der Waals surface area contributed by atoms with E-state index < -0.39 is 0 Å². The summed E-state index contributed by atoms with van der Waals surface area (Å²) in [6.07, 6.45) is 8.80. The maximum absolute atomic E-state index is 12.7. The van der Waals surface area contributed by atoms with Gasteiger partial charge in [0.15, 0.2) is 12.1 Å². The van der Waals surface area contributed by atoms with E-state index in [0.717, 1.165) is 55.2 Å². The van der Waals surface area contributed by atoms with Crippen LogP contribution in [0.3, 0.4) is 0 Å². The second-order valence-corrected chi connectivity index (χ2v) is 8.04. The Kier molecular flexibility index (Phi) is 4.82. The van der Waals surface area contributed by atoms with E-state index >= 15 is 0 Å². The van der Waals surface area contributed by atoms with E-state index in [9.17, 15) is 9.59 Å². The molecule has 0 saturated heterocycles. The van der Waals surface area contributed by atoms with Crippen LogP contribution in [0.4, 0.5) is 0 Å². The van der Waals surface area contributed by atoms with Gasteiger partial charge in [-0.1, -0.05) is 30.9 Å². The normalized spacial score (nSPS) is 21.9. The molecule has 1 fully saturated rings. The van der Waals surface area contributed by atoms with Crippen molar-refractivity contribution in [1.29, 1.82) is 0 Å². The van der Waals surface area contributed by atoms with E-state index in [1.807, 2.05) is 6.07 Å². The zero-order valence-corrected chi connectivity index (χ0v) is 15.1. The Morgan fingerprint density at radius 3 is 2.62 bits per heavy atom. The first-order valence-electron chi connectivity index (χ1n) is 8.71. The lowest BCUT2D eigenvalue weighted by Crippen LogP contribution is -2.44. The van der Waals surface area contributed by atoms with Crippen LogP contribution in [0.2, 0.25) is 5.02 Å². The minimum absolute atomic E-state index is 0.138. The highest BCUT2D eigenvalue weighted by molar-refractivity contribution is 6.33. The third-order valence-electron chi connectivity index (χ3n) is 5.04. The average molecular weight is 346 g/mol. The number of allylic oxidation sites excluding steroid dienone is 1. The standard InChI is InChI=1S/C20H24ClNO2/c1-20(2)11-14-9-17(21)15(12-23)8-16(14)18(22-20)10-19(24)13-6-4-3-5-7-13/h8-10,12-13,22H,3-7,11H2,1-2H3. The summed E-state index contributed by atoms with van der Waals surface area (Å²) in [5.74, 6) is 0.336. The fraction of sp³-hybridized carbons (Fsp3) is 0.500. The van der Waals surface area contributed by atoms with Crippen LogP contribution in [0.1, 0.15) is 67.4 Å². The van der Waals surface area contributed by atoms with Crippen LogP contribution >= 0.6 is 11.6 Å². The van der Waals surface area contributed by atoms with Crippen LogP contribution in [-0.2, 0) is 11.2 Å². The average Bonchev–Trinajstić information content (AvgIpc) is 2.54. The van der Waals surface area contributed by atoms with Crippen LogP contribution in [0.5, 0.6) is 0 Å². The number of benzene rings is 1. The number of ketones is 1. The summed E-state index contributed by atoms with van der Waals surface area (Å²) in [6.45, 7) is 4.22. The van der Waals surface area contributed by atoms with Crippen LogP contribution < -0.4 is 5.32 Å². The van der Waals surface area contributed by atoms with Gasteiger partial charge in [0.05, 0.1) is 5.02 Å². The Labute approximate surface area is 148 Å². The molecular formula is C20H24ClNO2. The fourth-order valence-electron chi connectivity index (χ4n) is 3.83. The highest BCUT2D eigenvalue weighted by atomic mass is 35.5. The molecule has 128 valence electrons. The lowest BCUT2D eigenvalue weighted by Gasteiger charge is -2.36. The van der Waals surface area contributed by atoms with Crippen molar-refractivity contribution in [2.24, 2.45) is 5.92 Å². The Morgan fingerprint density at radius 2 is 1.96 bits per heavy atom. The molecule has 3 rings (SSSR count). The van der Waals surface area contributed by atoms with Crippen molar-refractivity contribution in [2.75, 3.05) is 0 Å². The molecule has 0 bridgehead atoms.